The Bertz CT molecular complexity index is 571. The van der Waals surface area contributed by atoms with Crippen molar-refractivity contribution in [2.75, 3.05) is 26.2 Å². The van der Waals surface area contributed by atoms with Crippen molar-refractivity contribution < 1.29 is 8.94 Å². The zero-order valence-electron chi connectivity index (χ0n) is 11.7. The van der Waals surface area contributed by atoms with Gasteiger partial charge in [0.2, 0.25) is 11.7 Å². The van der Waals surface area contributed by atoms with E-state index in [9.17, 15) is 0 Å². The van der Waals surface area contributed by atoms with E-state index in [1.165, 1.54) is 13.0 Å². The number of likely N-dealkylation sites (tertiary alicyclic amines) is 1. The van der Waals surface area contributed by atoms with Crippen LogP contribution in [0.1, 0.15) is 12.3 Å². The third-order valence-electron chi connectivity index (χ3n) is 4.36. The van der Waals surface area contributed by atoms with Gasteiger partial charge in [0, 0.05) is 6.54 Å². The van der Waals surface area contributed by atoms with Crippen LogP contribution in [-0.2, 0) is 6.54 Å². The Labute approximate surface area is 129 Å². The summed E-state index contributed by atoms with van der Waals surface area (Å²) in [6.45, 7) is 5.29. The van der Waals surface area contributed by atoms with E-state index in [1.54, 1.807) is 6.26 Å². The van der Waals surface area contributed by atoms with E-state index in [1.807, 2.05) is 12.1 Å². The molecule has 4 heterocycles. The van der Waals surface area contributed by atoms with E-state index in [4.69, 9.17) is 8.94 Å². The number of hydrogen-bond acceptors (Lipinski definition) is 6. The van der Waals surface area contributed by atoms with Crippen LogP contribution in [0.15, 0.2) is 27.3 Å². The van der Waals surface area contributed by atoms with Crippen LogP contribution in [0, 0.1) is 11.8 Å². The highest BCUT2D eigenvalue weighted by Crippen LogP contribution is 2.27. The van der Waals surface area contributed by atoms with Crippen LogP contribution in [0.3, 0.4) is 0 Å². The van der Waals surface area contributed by atoms with Crippen molar-refractivity contribution in [2.24, 2.45) is 11.8 Å². The molecule has 1 N–H and O–H groups in total. The number of aromatic nitrogens is 2. The van der Waals surface area contributed by atoms with Crippen molar-refractivity contribution in [1.82, 2.24) is 20.4 Å². The first kappa shape index (κ1) is 14.6. The molecule has 6 nitrogen and oxygen atoms in total. The minimum absolute atomic E-state index is 0. The van der Waals surface area contributed by atoms with E-state index in [0.717, 1.165) is 38.0 Å². The number of rotatable bonds is 3. The predicted molar refractivity (Wildman–Crippen MR) is 79.0 cm³/mol. The molecule has 2 aromatic heterocycles. The van der Waals surface area contributed by atoms with Crippen molar-refractivity contribution >= 4 is 12.4 Å². The minimum atomic E-state index is 0. The summed E-state index contributed by atoms with van der Waals surface area (Å²) in [4.78, 5) is 6.81. The van der Waals surface area contributed by atoms with Crippen LogP contribution in [0.5, 0.6) is 0 Å². The van der Waals surface area contributed by atoms with Crippen molar-refractivity contribution in [3.63, 3.8) is 0 Å². The fraction of sp³-hybridized carbons (Fsp3) is 0.571. The molecule has 0 amide bonds. The Kier molecular flexibility index (Phi) is 4.28. The van der Waals surface area contributed by atoms with Crippen LogP contribution >= 0.6 is 12.4 Å². The number of nitrogens with zero attached hydrogens (tertiary/aromatic N) is 3. The zero-order chi connectivity index (χ0) is 13.4. The molecule has 2 fully saturated rings. The van der Waals surface area contributed by atoms with Gasteiger partial charge in [0.1, 0.15) is 0 Å². The Balaban J connectivity index is 0.00000132. The smallest absolute Gasteiger partial charge is 0.241 e. The molecule has 4 rings (SSSR count). The van der Waals surface area contributed by atoms with E-state index >= 15 is 0 Å². The lowest BCUT2D eigenvalue weighted by Crippen LogP contribution is -2.39. The van der Waals surface area contributed by atoms with Gasteiger partial charge in [-0.1, -0.05) is 5.16 Å². The number of fused-ring (bicyclic) bond motifs is 1. The average molecular weight is 311 g/mol. The standard InChI is InChI=1S/C14H18N4O2.ClH/c1-2-12(19-5-1)14-16-13(20-17-14)9-18-4-3-10-6-15-7-11(10)8-18;/h1-2,5,10-11,15H,3-4,6-9H2;1H. The monoisotopic (exact) mass is 310 g/mol. The van der Waals surface area contributed by atoms with Crippen LogP contribution in [0.25, 0.3) is 11.6 Å². The van der Waals surface area contributed by atoms with Gasteiger partial charge in [-0.2, -0.15) is 4.98 Å². The largest absolute Gasteiger partial charge is 0.461 e. The maximum absolute atomic E-state index is 5.32. The third kappa shape index (κ3) is 2.97. The molecular weight excluding hydrogens is 292 g/mol. The lowest BCUT2D eigenvalue weighted by atomic mass is 9.89. The topological polar surface area (TPSA) is 67.3 Å². The van der Waals surface area contributed by atoms with Crippen molar-refractivity contribution in [2.45, 2.75) is 13.0 Å². The number of furan rings is 1. The molecule has 2 atom stereocenters. The number of nitrogens with one attached hydrogen (secondary N) is 1. The van der Waals surface area contributed by atoms with Gasteiger partial charge in [0.05, 0.1) is 12.8 Å². The maximum Gasteiger partial charge on any atom is 0.241 e. The molecule has 0 aliphatic carbocycles. The summed E-state index contributed by atoms with van der Waals surface area (Å²) in [5.74, 6) is 3.48. The summed E-state index contributed by atoms with van der Waals surface area (Å²) >= 11 is 0. The van der Waals surface area contributed by atoms with Crippen molar-refractivity contribution in [3.05, 3.63) is 24.3 Å². The molecule has 7 heteroatoms. The van der Waals surface area contributed by atoms with Gasteiger partial charge in [0.15, 0.2) is 5.76 Å². The molecule has 0 spiro atoms. The zero-order valence-corrected chi connectivity index (χ0v) is 12.5. The quantitative estimate of drug-likeness (QED) is 0.932. The maximum atomic E-state index is 5.32. The summed E-state index contributed by atoms with van der Waals surface area (Å²) in [5.41, 5.74) is 0. The molecule has 2 saturated heterocycles. The van der Waals surface area contributed by atoms with Crippen LogP contribution in [-0.4, -0.2) is 41.2 Å². The van der Waals surface area contributed by atoms with E-state index in [-0.39, 0.29) is 12.4 Å². The molecule has 0 saturated carbocycles. The Hall–Kier alpha value is -1.37. The molecule has 2 aliphatic rings. The fourth-order valence-corrected chi connectivity index (χ4v) is 3.27. The summed E-state index contributed by atoms with van der Waals surface area (Å²) < 4.78 is 10.6. The van der Waals surface area contributed by atoms with E-state index in [0.29, 0.717) is 17.5 Å². The first-order valence-electron chi connectivity index (χ1n) is 7.18. The Morgan fingerprint density at radius 2 is 2.24 bits per heavy atom. The Morgan fingerprint density at radius 1 is 1.33 bits per heavy atom. The normalized spacial score (nSPS) is 25.5. The molecule has 0 bridgehead atoms. The molecule has 114 valence electrons. The second-order valence-corrected chi connectivity index (χ2v) is 5.69. The number of halogens is 1. The summed E-state index contributed by atoms with van der Waals surface area (Å²) in [7, 11) is 0. The molecule has 0 radical (unpaired) electrons. The van der Waals surface area contributed by atoms with Crippen LogP contribution in [0.2, 0.25) is 0 Å². The average Bonchev–Trinajstić information content (AvgIpc) is 3.19. The van der Waals surface area contributed by atoms with Gasteiger partial charge < -0.3 is 14.3 Å². The van der Waals surface area contributed by atoms with Gasteiger partial charge >= 0.3 is 0 Å². The fourth-order valence-electron chi connectivity index (χ4n) is 3.27. The molecular formula is C14H19ClN4O2. The first-order valence-corrected chi connectivity index (χ1v) is 7.18. The molecule has 2 aromatic rings. The highest BCUT2D eigenvalue weighted by atomic mass is 35.5. The summed E-state index contributed by atoms with van der Waals surface area (Å²) in [6, 6.07) is 3.66. The van der Waals surface area contributed by atoms with Gasteiger partial charge in [-0.15, -0.1) is 12.4 Å². The third-order valence-corrected chi connectivity index (χ3v) is 4.36. The summed E-state index contributed by atoms with van der Waals surface area (Å²) in [5, 5.41) is 7.45. The molecule has 0 aromatic carbocycles. The van der Waals surface area contributed by atoms with Gasteiger partial charge in [0.25, 0.3) is 0 Å². The second-order valence-electron chi connectivity index (χ2n) is 5.69. The minimum Gasteiger partial charge on any atom is -0.461 e. The summed E-state index contributed by atoms with van der Waals surface area (Å²) in [6.07, 6.45) is 2.88. The highest BCUT2D eigenvalue weighted by molar-refractivity contribution is 5.85. The predicted octanol–water partition coefficient (Wildman–Crippen LogP) is 1.79. The van der Waals surface area contributed by atoms with Crippen molar-refractivity contribution in [1.29, 1.82) is 0 Å². The second kappa shape index (κ2) is 6.17. The SMILES string of the molecule is Cl.c1coc(-c2noc(CN3CCC4CNCC4C3)n2)c1. The van der Waals surface area contributed by atoms with Crippen LogP contribution in [0.4, 0.5) is 0 Å². The van der Waals surface area contributed by atoms with Crippen LogP contribution < -0.4 is 5.32 Å². The van der Waals surface area contributed by atoms with Gasteiger partial charge in [-0.3, -0.25) is 4.90 Å². The van der Waals surface area contributed by atoms with Gasteiger partial charge in [-0.05, 0) is 50.0 Å². The lowest BCUT2D eigenvalue weighted by molar-refractivity contribution is 0.128. The number of piperidine rings is 1. The molecule has 2 unspecified atom stereocenters. The highest BCUT2D eigenvalue weighted by Gasteiger charge is 2.33. The van der Waals surface area contributed by atoms with E-state index < -0.39 is 0 Å². The van der Waals surface area contributed by atoms with Crippen molar-refractivity contribution in [3.8, 4) is 11.6 Å². The molecule has 21 heavy (non-hydrogen) atoms. The molecule has 2 aliphatic heterocycles. The van der Waals surface area contributed by atoms with E-state index in [2.05, 4.69) is 20.4 Å². The Morgan fingerprint density at radius 3 is 3.10 bits per heavy atom. The lowest BCUT2D eigenvalue weighted by Gasteiger charge is -2.33. The first-order chi connectivity index (χ1) is 9.88. The number of hydrogen-bond donors (Lipinski definition) is 1. The van der Waals surface area contributed by atoms with Gasteiger partial charge in [-0.25, -0.2) is 0 Å².